The first-order valence-corrected chi connectivity index (χ1v) is 13.6. The number of nitrogens with zero attached hydrogens (tertiary/aromatic N) is 2. The van der Waals surface area contributed by atoms with Gasteiger partial charge in [-0.2, -0.15) is 13.2 Å². The summed E-state index contributed by atoms with van der Waals surface area (Å²) in [6.45, 7) is 0.660. The van der Waals surface area contributed by atoms with E-state index in [2.05, 4.69) is 10.3 Å². The minimum Gasteiger partial charge on any atom is -0.506 e. The SMILES string of the molecule is Oc1cc(C(c2ccc(Cl)cc2)c2ccc(Cl)cc2)cc2c(NC3CCN(SC(F)(F)F)CC3)ccnc12. The van der Waals surface area contributed by atoms with Gasteiger partial charge in [-0.3, -0.25) is 4.98 Å². The summed E-state index contributed by atoms with van der Waals surface area (Å²) in [5, 5.41) is 16.5. The molecule has 1 fully saturated rings. The molecule has 1 aromatic heterocycles. The van der Waals surface area contributed by atoms with Crippen LogP contribution in [0.4, 0.5) is 18.9 Å². The van der Waals surface area contributed by atoms with Crippen molar-refractivity contribution in [3.63, 3.8) is 0 Å². The molecule has 0 aliphatic carbocycles. The van der Waals surface area contributed by atoms with Gasteiger partial charge in [-0.25, -0.2) is 4.31 Å². The maximum Gasteiger partial charge on any atom is 0.456 e. The van der Waals surface area contributed by atoms with E-state index in [1.165, 1.54) is 4.31 Å². The van der Waals surface area contributed by atoms with Crippen LogP contribution in [0.25, 0.3) is 10.9 Å². The van der Waals surface area contributed by atoms with E-state index in [1.54, 1.807) is 12.3 Å². The van der Waals surface area contributed by atoms with Crippen molar-refractivity contribution in [1.82, 2.24) is 9.29 Å². The lowest BCUT2D eigenvalue weighted by Crippen LogP contribution is -2.37. The van der Waals surface area contributed by atoms with Gasteiger partial charge in [0.05, 0.1) is 0 Å². The second-order valence-electron chi connectivity index (χ2n) is 9.22. The van der Waals surface area contributed by atoms with Crippen LogP contribution >= 0.6 is 35.1 Å². The third kappa shape index (κ3) is 6.31. The van der Waals surface area contributed by atoms with Crippen molar-refractivity contribution in [1.29, 1.82) is 0 Å². The number of phenolic OH excluding ortho intramolecular Hbond substituents is 1. The van der Waals surface area contributed by atoms with Crippen molar-refractivity contribution in [2.45, 2.75) is 30.3 Å². The van der Waals surface area contributed by atoms with Crippen LogP contribution in [0.3, 0.4) is 0 Å². The van der Waals surface area contributed by atoms with Crippen LogP contribution in [0.15, 0.2) is 72.9 Å². The zero-order chi connectivity index (χ0) is 26.9. The molecule has 38 heavy (non-hydrogen) atoms. The van der Waals surface area contributed by atoms with Gasteiger partial charge in [0.25, 0.3) is 0 Å². The number of anilines is 1. The van der Waals surface area contributed by atoms with E-state index in [1.807, 2.05) is 60.7 Å². The number of rotatable bonds is 6. The summed E-state index contributed by atoms with van der Waals surface area (Å²) in [6.07, 6.45) is 2.75. The minimum atomic E-state index is -4.28. The number of hydrogen-bond donors (Lipinski definition) is 2. The predicted molar refractivity (Wildman–Crippen MR) is 149 cm³/mol. The number of nitrogens with one attached hydrogen (secondary N) is 1. The molecule has 1 aliphatic rings. The average Bonchev–Trinajstić information content (AvgIpc) is 2.87. The fraction of sp³-hybridized carbons (Fsp3) is 0.250. The van der Waals surface area contributed by atoms with E-state index in [9.17, 15) is 18.3 Å². The average molecular weight is 578 g/mol. The first kappa shape index (κ1) is 26.9. The van der Waals surface area contributed by atoms with Gasteiger partial charge >= 0.3 is 5.51 Å². The summed E-state index contributed by atoms with van der Waals surface area (Å²) in [5.41, 5.74) is -0.214. The van der Waals surface area contributed by atoms with Gasteiger partial charge in [0.15, 0.2) is 0 Å². The minimum absolute atomic E-state index is 0.000176. The molecule has 4 aromatic rings. The number of benzene rings is 3. The third-order valence-electron chi connectivity index (χ3n) is 6.63. The fourth-order valence-corrected chi connectivity index (χ4v) is 5.83. The van der Waals surface area contributed by atoms with Crippen LogP contribution in [0.1, 0.15) is 35.4 Å². The van der Waals surface area contributed by atoms with Gasteiger partial charge in [-0.05, 0) is 72.0 Å². The zero-order valence-corrected chi connectivity index (χ0v) is 22.4. The maximum atomic E-state index is 12.7. The van der Waals surface area contributed by atoms with Crippen LogP contribution in [0.5, 0.6) is 5.75 Å². The van der Waals surface area contributed by atoms with Crippen LogP contribution in [-0.2, 0) is 0 Å². The molecule has 2 N–H and O–H groups in total. The topological polar surface area (TPSA) is 48.4 Å². The molecule has 198 valence electrons. The number of halogens is 5. The molecule has 1 aliphatic heterocycles. The Hall–Kier alpha value is -2.65. The Bertz CT molecular complexity index is 1360. The van der Waals surface area contributed by atoms with E-state index >= 15 is 0 Å². The lowest BCUT2D eigenvalue weighted by Gasteiger charge is -2.32. The van der Waals surface area contributed by atoms with Gasteiger partial charge in [-0.15, -0.1) is 0 Å². The Morgan fingerprint density at radius 3 is 2.03 bits per heavy atom. The van der Waals surface area contributed by atoms with Crippen molar-refractivity contribution < 1.29 is 18.3 Å². The van der Waals surface area contributed by atoms with Crippen LogP contribution < -0.4 is 5.32 Å². The predicted octanol–water partition coefficient (Wildman–Crippen LogP) is 8.47. The smallest absolute Gasteiger partial charge is 0.456 e. The van der Waals surface area contributed by atoms with E-state index in [-0.39, 0.29) is 29.7 Å². The summed E-state index contributed by atoms with van der Waals surface area (Å²) in [4.78, 5) is 4.39. The molecule has 3 aromatic carbocycles. The Labute approximate surface area is 232 Å². The van der Waals surface area contributed by atoms with E-state index in [0.717, 1.165) is 27.8 Å². The maximum absolute atomic E-state index is 12.7. The quantitative estimate of drug-likeness (QED) is 0.178. The summed E-state index contributed by atoms with van der Waals surface area (Å²) < 4.78 is 39.6. The largest absolute Gasteiger partial charge is 0.506 e. The van der Waals surface area contributed by atoms with Crippen molar-refractivity contribution in [2.24, 2.45) is 0 Å². The monoisotopic (exact) mass is 577 g/mol. The van der Waals surface area contributed by atoms with E-state index in [4.69, 9.17) is 23.2 Å². The molecular weight excluding hydrogens is 554 g/mol. The Morgan fingerprint density at radius 2 is 1.47 bits per heavy atom. The molecule has 10 heteroatoms. The van der Waals surface area contributed by atoms with Crippen LogP contribution in [0.2, 0.25) is 10.0 Å². The molecule has 2 heterocycles. The first-order valence-electron chi connectivity index (χ1n) is 12.1. The van der Waals surface area contributed by atoms with E-state index < -0.39 is 5.51 Å². The number of fused-ring (bicyclic) bond motifs is 1. The highest BCUT2D eigenvalue weighted by molar-refractivity contribution is 7.97. The Kier molecular flexibility index (Phi) is 7.95. The summed E-state index contributed by atoms with van der Waals surface area (Å²) in [6, 6.07) is 20.7. The Balaban J connectivity index is 1.49. The molecule has 0 unspecified atom stereocenters. The number of phenols is 1. The van der Waals surface area contributed by atoms with Gasteiger partial charge in [0, 0.05) is 64.3 Å². The third-order valence-corrected chi connectivity index (χ3v) is 7.97. The molecular formula is C28H24Cl2F3N3OS. The molecule has 0 spiro atoms. The first-order chi connectivity index (χ1) is 18.2. The number of aromatic nitrogens is 1. The van der Waals surface area contributed by atoms with Crippen molar-refractivity contribution in [3.8, 4) is 5.75 Å². The van der Waals surface area contributed by atoms with Gasteiger partial charge in [0.2, 0.25) is 0 Å². The summed E-state index contributed by atoms with van der Waals surface area (Å²) in [5.74, 6) is -0.166. The van der Waals surface area contributed by atoms with Crippen molar-refractivity contribution in [3.05, 3.63) is 99.7 Å². The normalized spacial score (nSPS) is 15.3. The number of piperidine rings is 1. The second kappa shape index (κ2) is 11.2. The molecule has 0 bridgehead atoms. The Morgan fingerprint density at radius 1 is 0.895 bits per heavy atom. The van der Waals surface area contributed by atoms with Gasteiger partial charge in [0.1, 0.15) is 11.3 Å². The highest BCUT2D eigenvalue weighted by Crippen LogP contribution is 2.40. The molecule has 5 rings (SSSR count). The van der Waals surface area contributed by atoms with Crippen molar-refractivity contribution in [2.75, 3.05) is 18.4 Å². The van der Waals surface area contributed by atoms with Crippen molar-refractivity contribution >= 4 is 51.7 Å². The lowest BCUT2D eigenvalue weighted by molar-refractivity contribution is -0.0366. The second-order valence-corrected chi connectivity index (χ2v) is 11.3. The van der Waals surface area contributed by atoms with E-state index in [0.29, 0.717) is 41.5 Å². The number of aromatic hydroxyl groups is 1. The standard InChI is InChI=1S/C28H24Cl2F3N3OS/c29-20-5-1-17(2-6-20)26(18-3-7-21(30)8-4-18)19-15-23-24(9-12-34-27(23)25(37)16-19)35-22-10-13-36(14-11-22)38-28(31,32)33/h1-9,12,15-16,22,26,37H,10-11,13-14H2,(H,34,35). The number of alkyl halides is 3. The van der Waals surface area contributed by atoms with Crippen LogP contribution in [-0.4, -0.2) is 39.0 Å². The number of hydrogen-bond acceptors (Lipinski definition) is 5. The van der Waals surface area contributed by atoms with Crippen LogP contribution in [0, 0.1) is 0 Å². The molecule has 0 radical (unpaired) electrons. The van der Waals surface area contributed by atoms with Gasteiger partial charge in [-0.1, -0.05) is 47.5 Å². The highest BCUT2D eigenvalue weighted by atomic mass is 35.5. The fourth-order valence-electron chi connectivity index (χ4n) is 4.90. The number of pyridine rings is 1. The lowest BCUT2D eigenvalue weighted by atomic mass is 9.84. The summed E-state index contributed by atoms with van der Waals surface area (Å²) >= 11 is 12.2. The molecule has 1 saturated heterocycles. The van der Waals surface area contributed by atoms with Gasteiger partial charge < -0.3 is 10.4 Å². The zero-order valence-electron chi connectivity index (χ0n) is 20.1. The molecule has 0 atom stereocenters. The highest BCUT2D eigenvalue weighted by Gasteiger charge is 2.34. The molecule has 0 amide bonds. The summed E-state index contributed by atoms with van der Waals surface area (Å²) in [7, 11) is 0. The molecule has 0 saturated carbocycles. The molecule has 4 nitrogen and oxygen atoms in total.